The zero-order valence-electron chi connectivity index (χ0n) is 17.6. The third-order valence-electron chi connectivity index (χ3n) is 5.62. The van der Waals surface area contributed by atoms with Crippen molar-refractivity contribution in [2.75, 3.05) is 19.6 Å². The summed E-state index contributed by atoms with van der Waals surface area (Å²) in [6.45, 7) is 3.23. The molecule has 0 spiro atoms. The molecule has 3 N–H and O–H groups in total. The first-order valence-corrected chi connectivity index (χ1v) is 25.6. The summed E-state index contributed by atoms with van der Waals surface area (Å²) in [5.41, 5.74) is 0. The molecule has 31 heavy (non-hydrogen) atoms. The Labute approximate surface area is 178 Å². The molecular weight excluding hydrogens is 581 g/mol. The van der Waals surface area contributed by atoms with Crippen LogP contribution in [0.4, 0.5) is 39.5 Å². The SMILES string of the molecule is CCC[NH][Zr]([NH]CCC)([NH]CCC)([C]1=CC=CC1)[Ge]([C](F)(F)F)([C](F)(F)F)[C](F)(F)F. The second kappa shape index (κ2) is 10.2. The van der Waals surface area contributed by atoms with Crippen LogP contribution in [0.1, 0.15) is 46.5 Å². The summed E-state index contributed by atoms with van der Waals surface area (Å²) in [6.07, 6.45) is 3.35. The molecule has 0 aromatic carbocycles. The van der Waals surface area contributed by atoms with E-state index < -0.39 is 71.0 Å². The summed E-state index contributed by atoms with van der Waals surface area (Å²) in [7, 11) is -9.02. The summed E-state index contributed by atoms with van der Waals surface area (Å²) in [5, 5.41) is -19.5. The van der Waals surface area contributed by atoms with E-state index in [1.54, 1.807) is 0 Å². The van der Waals surface area contributed by atoms with Gasteiger partial charge in [-0.1, -0.05) is 0 Å². The van der Waals surface area contributed by atoms with Gasteiger partial charge in [-0.25, -0.2) is 0 Å². The average Bonchev–Trinajstić information content (AvgIpc) is 3.15. The van der Waals surface area contributed by atoms with Crippen LogP contribution in [0, 0.1) is 0 Å². The number of alkyl halides is 9. The Balaban J connectivity index is 4.37. The summed E-state index contributed by atoms with van der Waals surface area (Å²) < 4.78 is 138. The van der Waals surface area contributed by atoms with Gasteiger partial charge in [0.2, 0.25) is 0 Å². The van der Waals surface area contributed by atoms with Crippen molar-refractivity contribution in [3.05, 3.63) is 21.5 Å². The van der Waals surface area contributed by atoms with E-state index in [9.17, 15) is 39.5 Å². The van der Waals surface area contributed by atoms with Gasteiger partial charge in [-0.05, 0) is 0 Å². The first-order chi connectivity index (χ1) is 14.1. The van der Waals surface area contributed by atoms with Gasteiger partial charge in [-0.2, -0.15) is 0 Å². The van der Waals surface area contributed by atoms with E-state index in [-0.39, 0.29) is 19.3 Å². The molecule has 0 fully saturated rings. The normalized spacial score (nSPS) is 17.5. The van der Waals surface area contributed by atoms with E-state index in [1.165, 1.54) is 32.9 Å². The fraction of sp³-hybridized carbons (Fsp3) is 0.765. The van der Waals surface area contributed by atoms with Crippen molar-refractivity contribution in [1.29, 1.82) is 0 Å². The molecule has 0 aliphatic heterocycles. The van der Waals surface area contributed by atoms with E-state index in [0.29, 0.717) is 0 Å². The third-order valence-corrected chi connectivity index (χ3v) is 65.8. The number of nitrogens with one attached hydrogen (secondary N) is 3. The molecule has 183 valence electrons. The standard InChI is InChI=1S/C5H5.C3F9Ge.3C3H8N.Zr/c1-2-4-5-3-1;4-1(5,6)13(2(7,8)9)3(10,11)12;3*1-2-3-4;/h1-3H,4H2;;3*4H,2-3H2,1H3;/q;;3*-1;+3. The van der Waals surface area contributed by atoms with E-state index >= 15 is 0 Å². The van der Waals surface area contributed by atoms with Gasteiger partial charge >= 0.3 is 179 Å². The Hall–Kier alpha value is 0.156. The molecule has 1 aliphatic rings. The van der Waals surface area contributed by atoms with Gasteiger partial charge in [0.1, 0.15) is 0 Å². The maximum absolute atomic E-state index is 14.6. The Morgan fingerprint density at radius 2 is 1.10 bits per heavy atom. The van der Waals surface area contributed by atoms with Gasteiger partial charge in [-0.3, -0.25) is 0 Å². The topological polar surface area (TPSA) is 36.1 Å². The molecule has 0 amide bonds. The number of hydrogen-bond donors (Lipinski definition) is 3. The van der Waals surface area contributed by atoms with Crippen molar-refractivity contribution < 1.29 is 56.7 Å². The second-order valence-corrected chi connectivity index (χ2v) is 46.6. The molecule has 3 nitrogen and oxygen atoms in total. The molecule has 0 saturated carbocycles. The molecule has 0 aromatic heterocycles. The van der Waals surface area contributed by atoms with Crippen molar-refractivity contribution in [2.45, 2.75) is 61.5 Å². The monoisotopic (exact) mass is 610 g/mol. The first-order valence-electron chi connectivity index (χ1n) is 10.1. The van der Waals surface area contributed by atoms with Crippen molar-refractivity contribution in [3.8, 4) is 0 Å². The molecule has 0 heterocycles. The average molecular weight is 610 g/mol. The predicted molar refractivity (Wildman–Crippen MR) is 101 cm³/mol. The fourth-order valence-corrected chi connectivity index (χ4v) is 68.2. The van der Waals surface area contributed by atoms with Crippen LogP contribution in [-0.4, -0.2) is 44.1 Å². The summed E-state index contributed by atoms with van der Waals surface area (Å²) in [5.74, 6) is 0. The van der Waals surface area contributed by atoms with E-state index in [4.69, 9.17) is 0 Å². The van der Waals surface area contributed by atoms with Gasteiger partial charge in [0, 0.05) is 0 Å². The zero-order valence-corrected chi connectivity index (χ0v) is 22.1. The summed E-state index contributed by atoms with van der Waals surface area (Å²) >= 11 is -7.64. The van der Waals surface area contributed by atoms with Gasteiger partial charge in [0.25, 0.3) is 0 Å². The van der Waals surface area contributed by atoms with Crippen molar-refractivity contribution in [2.24, 2.45) is 0 Å². The fourth-order valence-electron chi connectivity index (χ4n) is 4.44. The first kappa shape index (κ1) is 29.2. The Bertz CT molecular complexity index is 611. The molecule has 1 rings (SSSR count). The van der Waals surface area contributed by atoms with Gasteiger partial charge < -0.3 is 0 Å². The van der Waals surface area contributed by atoms with Crippen LogP contribution in [0.15, 0.2) is 21.5 Å². The number of allylic oxidation sites excluding steroid dienone is 4. The predicted octanol–water partition coefficient (Wildman–Crippen LogP) is 5.51. The minimum absolute atomic E-state index is 0.0675. The van der Waals surface area contributed by atoms with Crippen LogP contribution in [0.3, 0.4) is 0 Å². The van der Waals surface area contributed by atoms with E-state index in [1.807, 2.05) is 0 Å². The Morgan fingerprint density at radius 3 is 1.32 bits per heavy atom. The van der Waals surface area contributed by atoms with E-state index in [0.717, 1.165) is 6.08 Å². The summed E-state index contributed by atoms with van der Waals surface area (Å²) in [6, 6.07) is 0. The van der Waals surface area contributed by atoms with Gasteiger partial charge in [0.15, 0.2) is 0 Å². The molecule has 0 atom stereocenters. The number of halogens is 9. The molecule has 1 aliphatic carbocycles. The van der Waals surface area contributed by atoms with Crippen molar-refractivity contribution in [3.63, 3.8) is 0 Å². The molecule has 0 aromatic rings. The molecule has 0 saturated heterocycles. The third kappa shape index (κ3) is 4.59. The van der Waals surface area contributed by atoms with Crippen LogP contribution < -0.4 is 9.78 Å². The molecule has 14 heteroatoms. The van der Waals surface area contributed by atoms with Gasteiger partial charge in [0.05, 0.1) is 0 Å². The van der Waals surface area contributed by atoms with Crippen LogP contribution in [-0.2, 0) is 17.1 Å². The number of rotatable bonds is 11. The Morgan fingerprint density at radius 1 is 0.742 bits per heavy atom. The number of hydrogen-bond acceptors (Lipinski definition) is 3. The van der Waals surface area contributed by atoms with Crippen LogP contribution >= 0.6 is 0 Å². The molecular formula is C17H29F9GeN3Zr. The quantitative estimate of drug-likeness (QED) is 0.213. The zero-order chi connectivity index (χ0) is 24.2. The summed E-state index contributed by atoms with van der Waals surface area (Å²) in [4.78, 5) is 0. The van der Waals surface area contributed by atoms with Crippen LogP contribution in [0.25, 0.3) is 0 Å². The molecule has 0 radical (unpaired) electrons. The molecule has 0 unspecified atom stereocenters. The molecule has 0 bridgehead atoms. The van der Waals surface area contributed by atoms with Gasteiger partial charge in [-0.15, -0.1) is 0 Å². The van der Waals surface area contributed by atoms with E-state index in [2.05, 4.69) is 9.78 Å². The van der Waals surface area contributed by atoms with Crippen molar-refractivity contribution in [1.82, 2.24) is 9.78 Å². The van der Waals surface area contributed by atoms with Crippen molar-refractivity contribution >= 4 is 9.48 Å². The minimum atomic E-state index is -9.02. The Kier molecular flexibility index (Phi) is 9.59. The van der Waals surface area contributed by atoms with Crippen LogP contribution in [0.2, 0.25) is 0 Å². The maximum atomic E-state index is 14.6. The second-order valence-electron chi connectivity index (χ2n) is 7.60. The van der Waals surface area contributed by atoms with Crippen LogP contribution in [0.5, 0.6) is 0 Å².